The van der Waals surface area contributed by atoms with Crippen molar-refractivity contribution < 1.29 is 4.74 Å². The highest BCUT2D eigenvalue weighted by Crippen LogP contribution is 2.33. The van der Waals surface area contributed by atoms with Gasteiger partial charge in [0.15, 0.2) is 10.6 Å². The lowest BCUT2D eigenvalue weighted by atomic mass is 10.1. The van der Waals surface area contributed by atoms with E-state index < -0.39 is 0 Å². The quantitative estimate of drug-likeness (QED) is 0.769. The van der Waals surface area contributed by atoms with Gasteiger partial charge in [0.2, 0.25) is 0 Å². The molecule has 0 saturated carbocycles. The molecule has 0 aromatic carbocycles. The molecule has 1 aromatic rings. The van der Waals surface area contributed by atoms with Gasteiger partial charge in [-0.3, -0.25) is 9.67 Å². The molecule has 1 aliphatic rings. The molecule has 1 saturated heterocycles. The van der Waals surface area contributed by atoms with Crippen molar-refractivity contribution in [3.63, 3.8) is 0 Å². The van der Waals surface area contributed by atoms with Gasteiger partial charge in [-0.2, -0.15) is 5.10 Å². The zero-order chi connectivity index (χ0) is 11.9. The molecular formula is C11H19N3OS. The molecule has 0 spiro atoms. The number of ether oxygens (including phenoxy) is 1. The van der Waals surface area contributed by atoms with Crippen LogP contribution in [0, 0.1) is 4.77 Å². The molecule has 0 amide bonds. The fourth-order valence-electron chi connectivity index (χ4n) is 2.17. The van der Waals surface area contributed by atoms with E-state index in [1.54, 1.807) is 0 Å². The SMILES string of the molecule is CC1CCC(c2n[nH]c(=S)n2C(C)(C)C)O1. The Morgan fingerprint density at radius 2 is 2.12 bits per heavy atom. The Labute approximate surface area is 101 Å². The molecule has 2 unspecified atom stereocenters. The van der Waals surface area contributed by atoms with Crippen molar-refractivity contribution in [1.29, 1.82) is 0 Å². The van der Waals surface area contributed by atoms with E-state index in [4.69, 9.17) is 17.0 Å². The van der Waals surface area contributed by atoms with Crippen LogP contribution in [0.1, 0.15) is 52.5 Å². The van der Waals surface area contributed by atoms with Gasteiger partial charge in [-0.1, -0.05) is 0 Å². The third kappa shape index (κ3) is 2.06. The Morgan fingerprint density at radius 3 is 2.62 bits per heavy atom. The average Bonchev–Trinajstić information content (AvgIpc) is 2.70. The highest BCUT2D eigenvalue weighted by Gasteiger charge is 2.30. The van der Waals surface area contributed by atoms with Crippen LogP contribution in [0.15, 0.2) is 0 Å². The first-order chi connectivity index (χ1) is 7.39. The summed E-state index contributed by atoms with van der Waals surface area (Å²) in [6, 6.07) is 0. The molecule has 1 fully saturated rings. The summed E-state index contributed by atoms with van der Waals surface area (Å²) in [5.74, 6) is 0.932. The second-order valence-corrected chi connectivity index (χ2v) is 5.79. The molecular weight excluding hydrogens is 222 g/mol. The number of H-pyrrole nitrogens is 1. The van der Waals surface area contributed by atoms with Gasteiger partial charge in [0.1, 0.15) is 6.10 Å². The molecule has 1 aliphatic heterocycles. The van der Waals surface area contributed by atoms with Gasteiger partial charge < -0.3 is 4.74 Å². The Morgan fingerprint density at radius 1 is 1.44 bits per heavy atom. The standard InChI is InChI=1S/C11H19N3OS/c1-7-5-6-8(15-7)9-12-13-10(16)14(9)11(2,3)4/h7-8H,5-6H2,1-4H3,(H,13,16). The van der Waals surface area contributed by atoms with E-state index in [9.17, 15) is 0 Å². The van der Waals surface area contributed by atoms with Crippen molar-refractivity contribution in [2.24, 2.45) is 0 Å². The summed E-state index contributed by atoms with van der Waals surface area (Å²) < 4.78 is 8.58. The first kappa shape index (κ1) is 11.8. The molecule has 0 aliphatic carbocycles. The van der Waals surface area contributed by atoms with Crippen molar-refractivity contribution in [2.45, 2.75) is 58.3 Å². The predicted octanol–water partition coefficient (Wildman–Crippen LogP) is 2.94. The first-order valence-corrected chi connectivity index (χ1v) is 6.13. The molecule has 4 nitrogen and oxygen atoms in total. The van der Waals surface area contributed by atoms with E-state index in [0.717, 1.165) is 18.7 Å². The smallest absolute Gasteiger partial charge is 0.195 e. The summed E-state index contributed by atoms with van der Waals surface area (Å²) in [7, 11) is 0. The first-order valence-electron chi connectivity index (χ1n) is 5.73. The topological polar surface area (TPSA) is 42.8 Å². The summed E-state index contributed by atoms with van der Waals surface area (Å²) >= 11 is 5.28. The monoisotopic (exact) mass is 241 g/mol. The van der Waals surface area contributed by atoms with Gasteiger partial charge in [-0.05, 0) is 52.8 Å². The van der Waals surface area contributed by atoms with Crippen LogP contribution in [-0.2, 0) is 10.3 Å². The van der Waals surface area contributed by atoms with E-state index in [1.807, 2.05) is 0 Å². The van der Waals surface area contributed by atoms with Crippen molar-refractivity contribution in [2.75, 3.05) is 0 Å². The number of rotatable bonds is 1. The second-order valence-electron chi connectivity index (χ2n) is 5.41. The van der Waals surface area contributed by atoms with Gasteiger partial charge in [-0.25, -0.2) is 0 Å². The van der Waals surface area contributed by atoms with E-state index >= 15 is 0 Å². The fraction of sp³-hybridized carbons (Fsp3) is 0.818. The Kier molecular flexibility index (Phi) is 2.92. The molecule has 5 heteroatoms. The van der Waals surface area contributed by atoms with Crippen LogP contribution in [0.5, 0.6) is 0 Å². The van der Waals surface area contributed by atoms with E-state index in [2.05, 4.69) is 42.5 Å². The predicted molar refractivity (Wildman–Crippen MR) is 64.9 cm³/mol. The van der Waals surface area contributed by atoms with Gasteiger partial charge in [0.25, 0.3) is 0 Å². The minimum atomic E-state index is -0.0609. The lowest BCUT2D eigenvalue weighted by Gasteiger charge is -2.24. The third-order valence-corrected chi connectivity index (χ3v) is 3.16. The maximum atomic E-state index is 5.85. The normalized spacial score (nSPS) is 26.2. The van der Waals surface area contributed by atoms with Crippen LogP contribution in [0.25, 0.3) is 0 Å². The highest BCUT2D eigenvalue weighted by molar-refractivity contribution is 7.71. The zero-order valence-electron chi connectivity index (χ0n) is 10.3. The van der Waals surface area contributed by atoms with E-state index in [0.29, 0.717) is 10.9 Å². The minimum absolute atomic E-state index is 0.0609. The zero-order valence-corrected chi connectivity index (χ0v) is 11.1. The Hall–Kier alpha value is -0.680. The van der Waals surface area contributed by atoms with Gasteiger partial charge >= 0.3 is 0 Å². The van der Waals surface area contributed by atoms with Crippen molar-refractivity contribution in [1.82, 2.24) is 14.8 Å². The van der Waals surface area contributed by atoms with Crippen LogP contribution in [0.4, 0.5) is 0 Å². The number of aromatic nitrogens is 3. The number of hydrogen-bond donors (Lipinski definition) is 1. The highest BCUT2D eigenvalue weighted by atomic mass is 32.1. The molecule has 0 bridgehead atoms. The van der Waals surface area contributed by atoms with Crippen LogP contribution < -0.4 is 0 Å². The van der Waals surface area contributed by atoms with Crippen LogP contribution in [0.2, 0.25) is 0 Å². The molecule has 1 aromatic heterocycles. The molecule has 2 atom stereocenters. The fourth-order valence-corrected chi connectivity index (χ4v) is 2.58. The summed E-state index contributed by atoms with van der Waals surface area (Å²) in [5.41, 5.74) is -0.0609. The van der Waals surface area contributed by atoms with Gasteiger partial charge in [0.05, 0.1) is 6.10 Å². The summed E-state index contributed by atoms with van der Waals surface area (Å²) in [5, 5.41) is 7.19. The number of hydrogen-bond acceptors (Lipinski definition) is 3. The minimum Gasteiger partial charge on any atom is -0.367 e. The Bertz CT molecular complexity index is 429. The van der Waals surface area contributed by atoms with E-state index in [-0.39, 0.29) is 11.6 Å². The molecule has 1 N–H and O–H groups in total. The second kappa shape index (κ2) is 3.96. The number of nitrogens with one attached hydrogen (secondary N) is 1. The third-order valence-electron chi connectivity index (χ3n) is 2.89. The average molecular weight is 241 g/mol. The van der Waals surface area contributed by atoms with Crippen LogP contribution in [-0.4, -0.2) is 20.9 Å². The maximum absolute atomic E-state index is 5.85. The van der Waals surface area contributed by atoms with Gasteiger partial charge in [-0.15, -0.1) is 0 Å². The molecule has 2 heterocycles. The molecule has 2 rings (SSSR count). The van der Waals surface area contributed by atoms with Crippen LogP contribution >= 0.6 is 12.2 Å². The van der Waals surface area contributed by atoms with Crippen molar-refractivity contribution >= 4 is 12.2 Å². The summed E-state index contributed by atoms with van der Waals surface area (Å²) in [6.45, 7) is 8.48. The molecule has 0 radical (unpaired) electrons. The number of nitrogens with zero attached hydrogens (tertiary/aromatic N) is 2. The molecule has 16 heavy (non-hydrogen) atoms. The summed E-state index contributed by atoms with van der Waals surface area (Å²) in [4.78, 5) is 0. The lowest BCUT2D eigenvalue weighted by Crippen LogP contribution is -2.25. The largest absolute Gasteiger partial charge is 0.367 e. The Balaban J connectivity index is 2.39. The van der Waals surface area contributed by atoms with Crippen LogP contribution in [0.3, 0.4) is 0 Å². The van der Waals surface area contributed by atoms with Crippen molar-refractivity contribution in [3.05, 3.63) is 10.6 Å². The number of aromatic amines is 1. The lowest BCUT2D eigenvalue weighted by molar-refractivity contribution is 0.0455. The van der Waals surface area contributed by atoms with E-state index in [1.165, 1.54) is 0 Å². The summed E-state index contributed by atoms with van der Waals surface area (Å²) in [6.07, 6.45) is 2.52. The molecule has 90 valence electrons. The maximum Gasteiger partial charge on any atom is 0.195 e. The van der Waals surface area contributed by atoms with Crippen molar-refractivity contribution in [3.8, 4) is 0 Å². The van der Waals surface area contributed by atoms with Gasteiger partial charge in [0, 0.05) is 5.54 Å².